The minimum Gasteiger partial charge on any atom is -0.463 e. The largest absolute Gasteiger partial charge is 0.463 e. The normalized spacial score (nSPS) is 19.4. The van der Waals surface area contributed by atoms with E-state index < -0.39 is 5.92 Å². The van der Waals surface area contributed by atoms with Gasteiger partial charge >= 0.3 is 0 Å². The molecule has 1 aliphatic rings. The van der Waals surface area contributed by atoms with Crippen molar-refractivity contribution in [1.29, 1.82) is 5.26 Å². The summed E-state index contributed by atoms with van der Waals surface area (Å²) in [5.41, 5.74) is 3.49. The zero-order chi connectivity index (χ0) is 16.8. The summed E-state index contributed by atoms with van der Waals surface area (Å²) < 4.78 is 10.4. The van der Waals surface area contributed by atoms with Crippen LogP contribution in [-0.2, 0) is 0 Å². The summed E-state index contributed by atoms with van der Waals surface area (Å²) in [6, 6.07) is 11.5. The van der Waals surface area contributed by atoms with Crippen molar-refractivity contribution in [2.45, 2.75) is 5.92 Å². The van der Waals surface area contributed by atoms with Gasteiger partial charge in [-0.05, 0) is 34.1 Å². The van der Waals surface area contributed by atoms with E-state index >= 15 is 0 Å². The first-order chi connectivity index (χ1) is 12.4. The predicted octanol–water partition coefficient (Wildman–Crippen LogP) is 2.94. The van der Waals surface area contributed by atoms with Crippen LogP contribution < -0.4 is 0 Å². The van der Waals surface area contributed by atoms with Gasteiger partial charge in [0.15, 0.2) is 5.82 Å². The molecule has 5 rings (SSSR count). The summed E-state index contributed by atoms with van der Waals surface area (Å²) in [6.07, 6.45) is 3.26. The number of hydrogen-bond acceptors (Lipinski definition) is 7. The minimum absolute atomic E-state index is 0.313. The van der Waals surface area contributed by atoms with Crippen molar-refractivity contribution in [1.82, 2.24) is 20.5 Å². The molecule has 4 aromatic rings. The number of aromatic nitrogens is 4. The first kappa shape index (κ1) is 13.7. The Morgan fingerprint density at radius 2 is 2.08 bits per heavy atom. The van der Waals surface area contributed by atoms with E-state index in [1.807, 2.05) is 18.2 Å². The predicted molar refractivity (Wildman–Crippen MR) is 86.2 cm³/mol. The average molecular weight is 330 g/mol. The fraction of sp³-hybridized carbons (Fsp3) is 0.118. The molecule has 8 nitrogen and oxygen atoms in total. The first-order valence-electron chi connectivity index (χ1n) is 7.63. The molecule has 8 heteroatoms. The fourth-order valence-electron chi connectivity index (χ4n) is 3.33. The molecule has 2 unspecified atom stereocenters. The second-order valence-electron chi connectivity index (χ2n) is 5.71. The fourth-order valence-corrected chi connectivity index (χ4v) is 3.33. The first-order valence-corrected chi connectivity index (χ1v) is 7.63. The van der Waals surface area contributed by atoms with E-state index in [4.69, 9.17) is 9.05 Å². The molecule has 2 atom stereocenters. The topological polar surface area (TPSA) is 117 Å². The van der Waals surface area contributed by atoms with Crippen LogP contribution in [0.25, 0.3) is 11.0 Å². The molecule has 0 fully saturated rings. The van der Waals surface area contributed by atoms with E-state index in [1.165, 1.54) is 0 Å². The number of benzene rings is 1. The van der Waals surface area contributed by atoms with E-state index in [0.717, 1.165) is 11.1 Å². The molecular weight excluding hydrogens is 320 g/mol. The third-order valence-electron chi connectivity index (χ3n) is 4.41. The number of aliphatic imine (C=N–C) groups is 1. The molecule has 1 aromatic carbocycles. The molecule has 25 heavy (non-hydrogen) atoms. The summed E-state index contributed by atoms with van der Waals surface area (Å²) in [7, 11) is 0. The second kappa shape index (κ2) is 5.14. The highest BCUT2D eigenvalue weighted by Gasteiger charge is 2.38. The molecule has 1 N–H and O–H groups in total. The van der Waals surface area contributed by atoms with Crippen molar-refractivity contribution in [2.75, 3.05) is 0 Å². The smallest absolute Gasteiger partial charge is 0.152 e. The van der Waals surface area contributed by atoms with Gasteiger partial charge in [-0.1, -0.05) is 12.1 Å². The molecule has 0 saturated heterocycles. The van der Waals surface area contributed by atoms with Crippen LogP contribution in [0.3, 0.4) is 0 Å². The lowest BCUT2D eigenvalue weighted by molar-refractivity contribution is 0.315. The standard InChI is InChI=1S/C17H10N6O2/c18-7-10-14(9-3-1-4-12-15(9)23-25-22-12)11-8-19-21-17(11)20-16(10)13-5-2-6-24-13/h1-6,8,10,14H,(H,19,21). The van der Waals surface area contributed by atoms with Crippen LogP contribution >= 0.6 is 0 Å². The molecule has 3 aromatic heterocycles. The number of rotatable bonds is 2. The zero-order valence-electron chi connectivity index (χ0n) is 12.7. The highest BCUT2D eigenvalue weighted by atomic mass is 16.6. The van der Waals surface area contributed by atoms with E-state index in [-0.39, 0.29) is 5.92 Å². The summed E-state index contributed by atoms with van der Waals surface area (Å²) in [4.78, 5) is 4.57. The molecule has 120 valence electrons. The molecule has 0 amide bonds. The highest BCUT2D eigenvalue weighted by molar-refractivity contribution is 6.05. The van der Waals surface area contributed by atoms with Gasteiger partial charge in [-0.25, -0.2) is 9.62 Å². The van der Waals surface area contributed by atoms with E-state index in [2.05, 4.69) is 31.6 Å². The number of fused-ring (bicyclic) bond motifs is 2. The Kier molecular flexibility index (Phi) is 2.81. The maximum atomic E-state index is 9.92. The van der Waals surface area contributed by atoms with Crippen LogP contribution in [0.1, 0.15) is 22.8 Å². The summed E-state index contributed by atoms with van der Waals surface area (Å²) in [6.45, 7) is 0. The van der Waals surface area contributed by atoms with Gasteiger partial charge in [0.05, 0.1) is 18.5 Å². The van der Waals surface area contributed by atoms with Gasteiger partial charge in [-0.3, -0.25) is 5.10 Å². The molecule has 4 heterocycles. The van der Waals surface area contributed by atoms with Gasteiger partial charge in [-0.15, -0.1) is 0 Å². The van der Waals surface area contributed by atoms with E-state index in [9.17, 15) is 5.26 Å². The number of nitrogens with one attached hydrogen (secondary N) is 1. The van der Waals surface area contributed by atoms with Crippen LogP contribution in [0.4, 0.5) is 5.82 Å². The molecule has 0 radical (unpaired) electrons. The Balaban J connectivity index is 1.78. The van der Waals surface area contributed by atoms with Crippen molar-refractivity contribution in [3.8, 4) is 6.07 Å². The van der Waals surface area contributed by atoms with Crippen molar-refractivity contribution >= 4 is 22.6 Å². The lowest BCUT2D eigenvalue weighted by Crippen LogP contribution is -2.25. The monoisotopic (exact) mass is 330 g/mol. The molecule has 0 aliphatic carbocycles. The molecule has 0 saturated carbocycles. The minimum atomic E-state index is -0.557. The second-order valence-corrected chi connectivity index (χ2v) is 5.71. The Hall–Kier alpha value is -3.73. The maximum absolute atomic E-state index is 9.92. The molecule has 0 bridgehead atoms. The number of nitriles is 1. The van der Waals surface area contributed by atoms with Gasteiger partial charge in [0.2, 0.25) is 0 Å². The van der Waals surface area contributed by atoms with E-state index in [0.29, 0.717) is 28.3 Å². The number of hydrogen-bond donors (Lipinski definition) is 1. The molecule has 1 aliphatic heterocycles. The maximum Gasteiger partial charge on any atom is 0.152 e. The quantitative estimate of drug-likeness (QED) is 0.604. The summed E-state index contributed by atoms with van der Waals surface area (Å²) >= 11 is 0. The van der Waals surface area contributed by atoms with Crippen molar-refractivity contribution in [2.24, 2.45) is 10.9 Å². The van der Waals surface area contributed by atoms with Gasteiger partial charge in [0, 0.05) is 11.5 Å². The van der Waals surface area contributed by atoms with Gasteiger partial charge in [-0.2, -0.15) is 10.4 Å². The number of nitrogens with zero attached hydrogens (tertiary/aromatic N) is 5. The Morgan fingerprint density at radius 3 is 2.92 bits per heavy atom. The Labute approximate surface area is 140 Å². The van der Waals surface area contributed by atoms with Crippen molar-refractivity contribution < 1.29 is 9.05 Å². The van der Waals surface area contributed by atoms with E-state index in [1.54, 1.807) is 24.6 Å². The van der Waals surface area contributed by atoms with Crippen LogP contribution in [0.5, 0.6) is 0 Å². The third kappa shape index (κ3) is 1.93. The third-order valence-corrected chi connectivity index (χ3v) is 4.41. The van der Waals surface area contributed by atoms with Crippen molar-refractivity contribution in [3.63, 3.8) is 0 Å². The zero-order valence-corrected chi connectivity index (χ0v) is 12.7. The van der Waals surface area contributed by atoms with Crippen LogP contribution in [0.15, 0.2) is 56.8 Å². The summed E-state index contributed by atoms with van der Waals surface area (Å²) in [5.74, 6) is 0.295. The van der Waals surface area contributed by atoms with Crippen molar-refractivity contribution in [3.05, 3.63) is 59.7 Å². The van der Waals surface area contributed by atoms with Gasteiger partial charge < -0.3 is 4.42 Å². The number of aromatic amines is 1. The number of furan rings is 1. The van der Waals surface area contributed by atoms with Crippen LogP contribution in [-0.4, -0.2) is 26.2 Å². The molecular formula is C17H10N6O2. The SMILES string of the molecule is N#CC1C(c2ccco2)=Nc2[nH]ncc2C1c1cccc2nonc12. The molecule has 0 spiro atoms. The average Bonchev–Trinajstić information content (AvgIpc) is 3.40. The van der Waals surface area contributed by atoms with Crippen LogP contribution in [0, 0.1) is 17.2 Å². The highest BCUT2D eigenvalue weighted by Crippen LogP contribution is 2.43. The Morgan fingerprint density at radius 1 is 1.12 bits per heavy atom. The van der Waals surface area contributed by atoms with Gasteiger partial charge in [0.1, 0.15) is 28.4 Å². The van der Waals surface area contributed by atoms with Crippen LogP contribution in [0.2, 0.25) is 0 Å². The Bertz CT molecular complexity index is 1130. The lowest BCUT2D eigenvalue weighted by Gasteiger charge is -2.26. The lowest BCUT2D eigenvalue weighted by atomic mass is 9.77. The summed E-state index contributed by atoms with van der Waals surface area (Å²) in [5, 5.41) is 24.8. The van der Waals surface area contributed by atoms with Gasteiger partial charge in [0.25, 0.3) is 0 Å². The number of H-pyrrole nitrogens is 1.